The number of nitrogens with zero attached hydrogens (tertiary/aromatic N) is 3. The number of aromatic amines is 1. The van der Waals surface area contributed by atoms with Crippen LogP contribution in [0.5, 0.6) is 0 Å². The summed E-state index contributed by atoms with van der Waals surface area (Å²) in [6, 6.07) is 10.2. The molecule has 0 atom stereocenters. The summed E-state index contributed by atoms with van der Waals surface area (Å²) in [6.45, 7) is 0. The average molecular weight is 298 g/mol. The minimum Gasteiger partial charge on any atom is -0.478 e. The number of pyridine rings is 1. The Morgan fingerprint density at radius 2 is 2.00 bits per heavy atom. The Hall–Kier alpha value is -2.80. The van der Waals surface area contributed by atoms with Crippen LogP contribution in [0.1, 0.15) is 10.4 Å². The zero-order valence-corrected chi connectivity index (χ0v) is 11.5. The zero-order valence-electron chi connectivity index (χ0n) is 10.7. The number of hydrogen-bond acceptors (Lipinski definition) is 4. The van der Waals surface area contributed by atoms with Gasteiger partial charge in [0.05, 0.1) is 11.3 Å². The highest BCUT2D eigenvalue weighted by atomic mass is 32.1. The first-order valence-corrected chi connectivity index (χ1v) is 6.49. The molecule has 3 rings (SSSR count). The molecule has 6 nitrogen and oxygen atoms in total. The minimum atomic E-state index is -0.989. The van der Waals surface area contributed by atoms with E-state index < -0.39 is 5.97 Å². The Morgan fingerprint density at radius 1 is 1.24 bits per heavy atom. The van der Waals surface area contributed by atoms with Gasteiger partial charge in [-0.05, 0) is 42.5 Å². The number of H-pyrrole nitrogens is 1. The molecular weight excluding hydrogens is 288 g/mol. The van der Waals surface area contributed by atoms with Gasteiger partial charge in [0.15, 0.2) is 10.6 Å². The van der Waals surface area contributed by atoms with E-state index in [1.165, 1.54) is 6.07 Å². The van der Waals surface area contributed by atoms with Crippen molar-refractivity contribution in [3.63, 3.8) is 0 Å². The van der Waals surface area contributed by atoms with E-state index in [1.54, 1.807) is 35.2 Å². The first-order chi connectivity index (χ1) is 10.2. The van der Waals surface area contributed by atoms with Crippen LogP contribution in [-0.2, 0) is 0 Å². The van der Waals surface area contributed by atoms with Gasteiger partial charge in [-0.1, -0.05) is 6.07 Å². The Bertz CT molecular complexity index is 855. The number of nitrogens with one attached hydrogen (secondary N) is 1. The molecule has 21 heavy (non-hydrogen) atoms. The van der Waals surface area contributed by atoms with Gasteiger partial charge in [0, 0.05) is 18.0 Å². The first kappa shape index (κ1) is 13.2. The molecule has 0 fully saturated rings. The van der Waals surface area contributed by atoms with Crippen LogP contribution in [0.25, 0.3) is 17.1 Å². The SMILES string of the molecule is O=C(O)c1cccc(-n2c(-c3ccncc3)n[nH]c2=S)c1. The fourth-order valence-electron chi connectivity index (χ4n) is 2.01. The predicted octanol–water partition coefficient (Wildman–Crippen LogP) is 2.69. The second kappa shape index (κ2) is 5.29. The van der Waals surface area contributed by atoms with Crippen LogP contribution in [0.2, 0.25) is 0 Å². The highest BCUT2D eigenvalue weighted by molar-refractivity contribution is 7.71. The molecule has 0 amide bonds. The molecule has 0 aliphatic carbocycles. The van der Waals surface area contributed by atoms with Gasteiger partial charge >= 0.3 is 5.97 Å². The number of benzene rings is 1. The fraction of sp³-hybridized carbons (Fsp3) is 0. The van der Waals surface area contributed by atoms with Crippen molar-refractivity contribution in [3.8, 4) is 17.1 Å². The number of carbonyl (C=O) groups is 1. The van der Waals surface area contributed by atoms with Crippen molar-refractivity contribution in [2.45, 2.75) is 0 Å². The van der Waals surface area contributed by atoms with Crippen molar-refractivity contribution in [3.05, 3.63) is 59.1 Å². The largest absolute Gasteiger partial charge is 0.478 e. The molecule has 3 aromatic rings. The van der Waals surface area contributed by atoms with E-state index in [9.17, 15) is 4.79 Å². The Kier molecular flexibility index (Phi) is 3.33. The van der Waals surface area contributed by atoms with E-state index in [0.717, 1.165) is 5.56 Å². The Balaban J connectivity index is 2.20. The smallest absolute Gasteiger partial charge is 0.335 e. The summed E-state index contributed by atoms with van der Waals surface area (Å²) in [4.78, 5) is 15.1. The molecule has 1 aromatic carbocycles. The molecule has 0 aliphatic heterocycles. The molecule has 2 aromatic heterocycles. The summed E-state index contributed by atoms with van der Waals surface area (Å²) in [5, 5.41) is 16.0. The van der Waals surface area contributed by atoms with E-state index in [-0.39, 0.29) is 5.56 Å². The molecule has 0 bridgehead atoms. The van der Waals surface area contributed by atoms with Crippen LogP contribution in [0.4, 0.5) is 0 Å². The van der Waals surface area contributed by atoms with Gasteiger partial charge in [0.2, 0.25) is 0 Å². The molecule has 2 heterocycles. The van der Waals surface area contributed by atoms with Gasteiger partial charge in [-0.15, -0.1) is 0 Å². The maximum atomic E-state index is 11.1. The second-order valence-electron chi connectivity index (χ2n) is 4.28. The quantitative estimate of drug-likeness (QED) is 0.726. The van der Waals surface area contributed by atoms with Gasteiger partial charge < -0.3 is 5.11 Å². The molecule has 0 saturated heterocycles. The third-order valence-electron chi connectivity index (χ3n) is 2.96. The molecule has 0 saturated carbocycles. The van der Waals surface area contributed by atoms with Gasteiger partial charge in [-0.25, -0.2) is 4.79 Å². The topological polar surface area (TPSA) is 83.8 Å². The summed E-state index contributed by atoms with van der Waals surface area (Å²) >= 11 is 5.25. The van der Waals surface area contributed by atoms with Gasteiger partial charge in [-0.2, -0.15) is 5.10 Å². The number of rotatable bonds is 3. The van der Waals surface area contributed by atoms with Crippen LogP contribution in [0.3, 0.4) is 0 Å². The lowest BCUT2D eigenvalue weighted by Crippen LogP contribution is -2.01. The van der Waals surface area contributed by atoms with Crippen LogP contribution < -0.4 is 0 Å². The lowest BCUT2D eigenvalue weighted by atomic mass is 10.2. The number of carboxylic acids is 1. The fourth-order valence-corrected chi connectivity index (χ4v) is 2.25. The van der Waals surface area contributed by atoms with Crippen molar-refractivity contribution in [2.75, 3.05) is 0 Å². The van der Waals surface area contributed by atoms with Crippen LogP contribution in [0.15, 0.2) is 48.8 Å². The molecule has 0 radical (unpaired) electrons. The van der Waals surface area contributed by atoms with E-state index in [4.69, 9.17) is 17.3 Å². The summed E-state index contributed by atoms with van der Waals surface area (Å²) in [5.74, 6) is -0.387. The standard InChI is InChI=1S/C14H10N4O2S/c19-13(20)10-2-1-3-11(8-10)18-12(16-17-14(18)21)9-4-6-15-7-5-9/h1-8H,(H,17,21)(H,19,20). The summed E-state index contributed by atoms with van der Waals surface area (Å²) in [5.41, 5.74) is 1.66. The van der Waals surface area contributed by atoms with Crippen molar-refractivity contribution < 1.29 is 9.90 Å². The highest BCUT2D eigenvalue weighted by Crippen LogP contribution is 2.21. The number of hydrogen-bond donors (Lipinski definition) is 2. The second-order valence-corrected chi connectivity index (χ2v) is 4.67. The molecule has 2 N–H and O–H groups in total. The molecule has 7 heteroatoms. The van der Waals surface area contributed by atoms with Gasteiger partial charge in [0.1, 0.15) is 0 Å². The summed E-state index contributed by atoms with van der Waals surface area (Å²) in [7, 11) is 0. The molecule has 104 valence electrons. The zero-order chi connectivity index (χ0) is 14.8. The minimum absolute atomic E-state index is 0.191. The molecule has 0 aliphatic rings. The van der Waals surface area contributed by atoms with Crippen LogP contribution in [-0.4, -0.2) is 30.8 Å². The number of aromatic carboxylic acids is 1. The number of aromatic nitrogens is 4. The third kappa shape index (κ3) is 2.46. The van der Waals surface area contributed by atoms with Crippen LogP contribution >= 0.6 is 12.2 Å². The van der Waals surface area contributed by atoms with Crippen molar-refractivity contribution in [1.29, 1.82) is 0 Å². The maximum absolute atomic E-state index is 11.1. The maximum Gasteiger partial charge on any atom is 0.335 e. The normalized spacial score (nSPS) is 10.5. The van der Waals surface area contributed by atoms with E-state index in [0.29, 0.717) is 16.3 Å². The number of carboxylic acid groups (broad SMARTS) is 1. The lowest BCUT2D eigenvalue weighted by molar-refractivity contribution is 0.0697. The van der Waals surface area contributed by atoms with E-state index in [2.05, 4.69) is 15.2 Å². The van der Waals surface area contributed by atoms with Gasteiger partial charge in [0.25, 0.3) is 0 Å². The first-order valence-electron chi connectivity index (χ1n) is 6.08. The Morgan fingerprint density at radius 3 is 2.71 bits per heavy atom. The Labute approximate surface area is 124 Å². The summed E-state index contributed by atoms with van der Waals surface area (Å²) in [6.07, 6.45) is 3.32. The average Bonchev–Trinajstić information content (AvgIpc) is 2.90. The lowest BCUT2D eigenvalue weighted by Gasteiger charge is -2.07. The van der Waals surface area contributed by atoms with Crippen LogP contribution in [0, 0.1) is 4.77 Å². The highest BCUT2D eigenvalue weighted by Gasteiger charge is 2.12. The molecular formula is C14H10N4O2S. The van der Waals surface area contributed by atoms with Gasteiger partial charge in [-0.3, -0.25) is 14.6 Å². The predicted molar refractivity (Wildman–Crippen MR) is 78.9 cm³/mol. The van der Waals surface area contributed by atoms with E-state index in [1.807, 2.05) is 12.1 Å². The molecule has 0 spiro atoms. The third-order valence-corrected chi connectivity index (χ3v) is 3.24. The summed E-state index contributed by atoms with van der Waals surface area (Å²) < 4.78 is 2.08. The van der Waals surface area contributed by atoms with E-state index >= 15 is 0 Å². The molecule has 0 unspecified atom stereocenters. The van der Waals surface area contributed by atoms with Crippen molar-refractivity contribution in [2.24, 2.45) is 0 Å². The van der Waals surface area contributed by atoms with Crippen molar-refractivity contribution >= 4 is 18.2 Å². The monoisotopic (exact) mass is 298 g/mol. The van der Waals surface area contributed by atoms with Crippen molar-refractivity contribution in [1.82, 2.24) is 19.7 Å².